The van der Waals surface area contributed by atoms with Gasteiger partial charge in [0.05, 0.1) is 17.3 Å². The smallest absolute Gasteiger partial charge is 0.333 e. The molecule has 0 saturated carbocycles. The van der Waals surface area contributed by atoms with Crippen LogP contribution in [0.3, 0.4) is 0 Å². The number of amides is 4. The number of pyridine rings is 1. The van der Waals surface area contributed by atoms with Crippen molar-refractivity contribution in [2.75, 3.05) is 13.1 Å². The zero-order chi connectivity index (χ0) is 24.7. The van der Waals surface area contributed by atoms with E-state index in [-0.39, 0.29) is 18.5 Å². The minimum atomic E-state index is -4.38. The van der Waals surface area contributed by atoms with Crippen LogP contribution in [0.1, 0.15) is 55.2 Å². The lowest BCUT2D eigenvalue weighted by Crippen LogP contribution is -2.44. The third kappa shape index (κ3) is 4.76. The maximum absolute atomic E-state index is 13.0. The van der Waals surface area contributed by atoms with Gasteiger partial charge in [0, 0.05) is 18.7 Å². The molecule has 1 aromatic heterocycles. The Morgan fingerprint density at radius 3 is 2.47 bits per heavy atom. The average Bonchev–Trinajstić information content (AvgIpc) is 3.33. The summed E-state index contributed by atoms with van der Waals surface area (Å²) >= 11 is 0. The van der Waals surface area contributed by atoms with Gasteiger partial charge in [-0.15, -0.1) is 0 Å². The molecule has 10 heteroatoms. The van der Waals surface area contributed by atoms with Crippen LogP contribution in [-0.2, 0) is 22.2 Å². The van der Waals surface area contributed by atoms with Gasteiger partial charge in [-0.2, -0.15) is 13.2 Å². The fourth-order valence-corrected chi connectivity index (χ4v) is 4.36. The lowest BCUT2D eigenvalue weighted by atomic mass is 10.1. The molecule has 3 heterocycles. The second kappa shape index (κ2) is 8.73. The highest BCUT2D eigenvalue weighted by Crippen LogP contribution is 2.32. The van der Waals surface area contributed by atoms with Crippen molar-refractivity contribution in [3.05, 3.63) is 65.0 Å². The number of carbonyl (C=O) groups excluding carboxylic acids is 3. The summed E-state index contributed by atoms with van der Waals surface area (Å²) in [5.41, 5.74) is 0.292. The second-order valence-corrected chi connectivity index (χ2v) is 9.12. The number of hydrogen-bond donors (Lipinski definition) is 1. The fourth-order valence-electron chi connectivity index (χ4n) is 4.36. The van der Waals surface area contributed by atoms with Gasteiger partial charge in [0.2, 0.25) is 5.91 Å². The van der Waals surface area contributed by atoms with E-state index in [1.807, 2.05) is 12.1 Å². The molecule has 180 valence electrons. The molecule has 0 unspecified atom stereocenters. The van der Waals surface area contributed by atoms with Gasteiger partial charge >= 0.3 is 12.2 Å². The SMILES string of the molecule is CC1(C)NC(=O)N(CC(=O)N2CCC[C@@H]2c2cccc(Cc3ccc(C(F)(F)F)cc3)n2)C1=O. The average molecular weight is 474 g/mol. The van der Waals surface area contributed by atoms with E-state index in [2.05, 4.69) is 10.3 Å². The summed E-state index contributed by atoms with van der Waals surface area (Å²) in [6, 6.07) is 9.49. The molecule has 0 bridgehead atoms. The molecule has 1 aromatic carbocycles. The zero-order valence-corrected chi connectivity index (χ0v) is 18.9. The van der Waals surface area contributed by atoms with Crippen LogP contribution in [0.2, 0.25) is 0 Å². The first kappa shape index (κ1) is 23.7. The lowest BCUT2D eigenvalue weighted by Gasteiger charge is -2.26. The standard InChI is InChI=1S/C24H25F3N4O3/c1-23(2)21(33)31(22(34)29-23)14-20(32)30-12-4-7-19(30)18-6-3-5-17(28-18)13-15-8-10-16(11-9-15)24(25,26)27/h3,5-6,8-11,19H,4,7,12-14H2,1-2H3,(H,29,34)/t19-/m1/s1. The first-order chi connectivity index (χ1) is 16.0. The van der Waals surface area contributed by atoms with Crippen molar-refractivity contribution in [2.24, 2.45) is 0 Å². The maximum Gasteiger partial charge on any atom is 0.416 e. The van der Waals surface area contributed by atoms with E-state index >= 15 is 0 Å². The van der Waals surface area contributed by atoms with E-state index in [0.29, 0.717) is 36.3 Å². The number of carbonyl (C=O) groups is 3. The molecule has 2 fully saturated rings. The Hall–Kier alpha value is -3.43. The predicted octanol–water partition coefficient (Wildman–Crippen LogP) is 3.69. The summed E-state index contributed by atoms with van der Waals surface area (Å²) in [4.78, 5) is 44.8. The minimum Gasteiger partial charge on any atom is -0.333 e. The Morgan fingerprint density at radius 2 is 1.85 bits per heavy atom. The second-order valence-electron chi connectivity index (χ2n) is 9.12. The highest BCUT2D eigenvalue weighted by atomic mass is 19.4. The van der Waals surface area contributed by atoms with Crippen LogP contribution in [0.4, 0.5) is 18.0 Å². The predicted molar refractivity (Wildman–Crippen MR) is 116 cm³/mol. The van der Waals surface area contributed by atoms with E-state index in [1.54, 1.807) is 24.8 Å². The van der Waals surface area contributed by atoms with Gasteiger partial charge in [0.1, 0.15) is 12.1 Å². The van der Waals surface area contributed by atoms with Crippen LogP contribution in [0.25, 0.3) is 0 Å². The molecule has 34 heavy (non-hydrogen) atoms. The molecular weight excluding hydrogens is 449 g/mol. The summed E-state index contributed by atoms with van der Waals surface area (Å²) in [5, 5.41) is 2.57. The molecule has 2 aliphatic heterocycles. The highest BCUT2D eigenvalue weighted by molar-refractivity contribution is 6.08. The van der Waals surface area contributed by atoms with Gasteiger partial charge < -0.3 is 10.2 Å². The number of nitrogens with zero attached hydrogens (tertiary/aromatic N) is 3. The number of aromatic nitrogens is 1. The number of urea groups is 1. The van der Waals surface area contributed by atoms with Gasteiger partial charge in [-0.25, -0.2) is 4.79 Å². The van der Waals surface area contributed by atoms with E-state index < -0.39 is 29.2 Å². The van der Waals surface area contributed by atoms with Crippen molar-refractivity contribution >= 4 is 17.8 Å². The van der Waals surface area contributed by atoms with Crippen molar-refractivity contribution in [2.45, 2.75) is 50.9 Å². The van der Waals surface area contributed by atoms with Crippen molar-refractivity contribution < 1.29 is 27.6 Å². The number of nitrogens with one attached hydrogen (secondary N) is 1. The molecule has 1 atom stereocenters. The van der Waals surface area contributed by atoms with Gasteiger partial charge in [-0.1, -0.05) is 18.2 Å². The van der Waals surface area contributed by atoms with Crippen molar-refractivity contribution in [1.29, 1.82) is 0 Å². The first-order valence-corrected chi connectivity index (χ1v) is 11.0. The molecular formula is C24H25F3N4O3. The summed E-state index contributed by atoms with van der Waals surface area (Å²) in [7, 11) is 0. The number of hydrogen-bond acceptors (Lipinski definition) is 4. The van der Waals surface area contributed by atoms with Gasteiger partial charge in [-0.3, -0.25) is 19.5 Å². The third-order valence-electron chi connectivity index (χ3n) is 6.15. The molecule has 0 spiro atoms. The number of rotatable bonds is 5. The normalized spacial score (nSPS) is 20.1. The van der Waals surface area contributed by atoms with Crippen LogP contribution in [0, 0.1) is 0 Å². The van der Waals surface area contributed by atoms with E-state index in [9.17, 15) is 27.6 Å². The van der Waals surface area contributed by atoms with E-state index in [0.717, 1.165) is 23.5 Å². The number of alkyl halides is 3. The molecule has 0 aliphatic carbocycles. The van der Waals surface area contributed by atoms with Crippen LogP contribution < -0.4 is 5.32 Å². The first-order valence-electron chi connectivity index (χ1n) is 11.0. The van der Waals surface area contributed by atoms with Crippen LogP contribution in [-0.4, -0.2) is 51.3 Å². The van der Waals surface area contributed by atoms with Gasteiger partial charge in [-0.05, 0) is 56.5 Å². The van der Waals surface area contributed by atoms with Crippen LogP contribution in [0.15, 0.2) is 42.5 Å². The molecule has 1 N–H and O–H groups in total. The Kier molecular flexibility index (Phi) is 6.09. The number of benzene rings is 1. The Balaban J connectivity index is 1.46. The monoisotopic (exact) mass is 474 g/mol. The lowest BCUT2D eigenvalue weighted by molar-refractivity contribution is -0.139. The number of likely N-dealkylation sites (tertiary alicyclic amines) is 1. The zero-order valence-electron chi connectivity index (χ0n) is 18.9. The molecule has 2 saturated heterocycles. The van der Waals surface area contributed by atoms with Gasteiger partial charge in [0.15, 0.2) is 0 Å². The molecule has 2 aromatic rings. The van der Waals surface area contributed by atoms with Crippen LogP contribution in [0.5, 0.6) is 0 Å². The fraction of sp³-hybridized carbons (Fsp3) is 0.417. The molecule has 0 radical (unpaired) electrons. The maximum atomic E-state index is 13.0. The summed E-state index contributed by atoms with van der Waals surface area (Å²) in [6.45, 7) is 3.32. The van der Waals surface area contributed by atoms with Gasteiger partial charge in [0.25, 0.3) is 5.91 Å². The Bertz CT molecular complexity index is 1120. The largest absolute Gasteiger partial charge is 0.416 e. The molecule has 4 rings (SSSR count). The van der Waals surface area contributed by atoms with Crippen molar-refractivity contribution in [3.8, 4) is 0 Å². The molecule has 4 amide bonds. The van der Waals surface area contributed by atoms with E-state index in [1.165, 1.54) is 12.1 Å². The Labute approximate surface area is 194 Å². The van der Waals surface area contributed by atoms with E-state index in [4.69, 9.17) is 0 Å². The quantitative estimate of drug-likeness (QED) is 0.671. The van der Waals surface area contributed by atoms with Crippen LogP contribution >= 0.6 is 0 Å². The topological polar surface area (TPSA) is 82.6 Å². The number of halogens is 3. The summed E-state index contributed by atoms with van der Waals surface area (Å²) < 4.78 is 38.4. The molecule has 7 nitrogen and oxygen atoms in total. The minimum absolute atomic E-state index is 0.297. The summed E-state index contributed by atoms with van der Waals surface area (Å²) in [6.07, 6.45) is -2.59. The third-order valence-corrected chi connectivity index (χ3v) is 6.15. The van der Waals surface area contributed by atoms with Crippen molar-refractivity contribution in [1.82, 2.24) is 20.1 Å². The van der Waals surface area contributed by atoms with Crippen molar-refractivity contribution in [3.63, 3.8) is 0 Å². The number of imide groups is 1. The summed E-state index contributed by atoms with van der Waals surface area (Å²) in [5.74, 6) is -0.781. The molecule has 2 aliphatic rings. The highest BCUT2D eigenvalue weighted by Gasteiger charge is 2.46. The Morgan fingerprint density at radius 1 is 1.15 bits per heavy atom.